The largest absolute Gasteiger partial charge is 0.0619 e. The smallest absolute Gasteiger partial charge is 0.0159 e. The zero-order valence-corrected chi connectivity index (χ0v) is 20.0. The monoisotopic (exact) mass is 436 g/mol. The predicted molar refractivity (Wildman–Crippen MR) is 145 cm³/mol. The number of benzene rings is 5. The molecule has 0 N–H and O–H groups in total. The van der Waals surface area contributed by atoms with Crippen LogP contribution in [0, 0.1) is 6.92 Å². The molecule has 0 unspecified atom stereocenters. The van der Waals surface area contributed by atoms with E-state index >= 15 is 0 Å². The topological polar surface area (TPSA) is 0 Å². The summed E-state index contributed by atoms with van der Waals surface area (Å²) >= 11 is 0. The highest BCUT2D eigenvalue weighted by molar-refractivity contribution is 5.84. The van der Waals surface area contributed by atoms with Gasteiger partial charge in [0.2, 0.25) is 0 Å². The molecular weight excluding hydrogens is 408 g/mol. The Labute approximate surface area is 202 Å². The highest BCUT2D eigenvalue weighted by atomic mass is 14.4. The zero-order valence-electron chi connectivity index (χ0n) is 20.0. The van der Waals surface area contributed by atoms with Crippen LogP contribution in [0.2, 0.25) is 0 Å². The summed E-state index contributed by atoms with van der Waals surface area (Å²) in [6, 6.07) is 42.4. The van der Waals surface area contributed by atoms with Gasteiger partial charge in [-0.2, -0.15) is 0 Å². The average molecular weight is 437 g/mol. The minimum absolute atomic E-state index is 0.0192. The molecule has 5 aromatic rings. The molecule has 0 aliphatic heterocycles. The molecule has 0 heterocycles. The van der Waals surface area contributed by atoms with Crippen molar-refractivity contribution in [3.63, 3.8) is 0 Å². The third kappa shape index (κ3) is 3.38. The first kappa shape index (κ1) is 20.7. The van der Waals surface area contributed by atoms with Crippen molar-refractivity contribution >= 4 is 0 Å². The Balaban J connectivity index is 1.35. The summed E-state index contributed by atoms with van der Waals surface area (Å²) in [5.41, 5.74) is 14.4. The molecule has 0 amide bonds. The Kier molecular flexibility index (Phi) is 4.78. The molecule has 1 aliphatic rings. The molecule has 0 saturated heterocycles. The van der Waals surface area contributed by atoms with E-state index in [9.17, 15) is 0 Å². The summed E-state index contributed by atoms with van der Waals surface area (Å²) in [5.74, 6) is 0. The first-order valence-electron chi connectivity index (χ1n) is 12.0. The maximum Gasteiger partial charge on any atom is 0.0159 e. The molecule has 5 aromatic carbocycles. The molecule has 0 saturated carbocycles. The van der Waals surface area contributed by atoms with Crippen molar-refractivity contribution in [2.45, 2.75) is 26.2 Å². The van der Waals surface area contributed by atoms with Crippen molar-refractivity contribution in [2.24, 2.45) is 0 Å². The standard InChI is InChI=1S/C34H28/c1-23-11-13-24(14-12-23)25-15-17-26(18-16-25)27-7-6-8-28(21-27)29-19-20-31-30-9-4-5-10-32(30)34(2,3)33(31)22-29/h4-22H,1-3H3. The van der Waals surface area contributed by atoms with E-state index in [1.54, 1.807) is 0 Å². The Bertz CT molecular complexity index is 1500. The fraction of sp³-hybridized carbons (Fsp3) is 0.118. The van der Waals surface area contributed by atoms with E-state index in [0.29, 0.717) is 0 Å². The SMILES string of the molecule is Cc1ccc(-c2ccc(-c3cccc(-c4ccc5c(c4)C(C)(C)c4ccccc4-5)c3)cc2)cc1. The van der Waals surface area contributed by atoms with E-state index in [4.69, 9.17) is 0 Å². The molecule has 0 bridgehead atoms. The van der Waals surface area contributed by atoms with Crippen LogP contribution in [0.25, 0.3) is 44.5 Å². The van der Waals surface area contributed by atoms with E-state index in [-0.39, 0.29) is 5.41 Å². The van der Waals surface area contributed by atoms with Crippen molar-refractivity contribution in [3.8, 4) is 44.5 Å². The molecule has 164 valence electrons. The summed E-state index contributed by atoms with van der Waals surface area (Å²) in [4.78, 5) is 0. The lowest BCUT2D eigenvalue weighted by Gasteiger charge is -2.22. The fourth-order valence-corrected chi connectivity index (χ4v) is 5.36. The highest BCUT2D eigenvalue weighted by Crippen LogP contribution is 2.49. The van der Waals surface area contributed by atoms with Crippen LogP contribution in [0.5, 0.6) is 0 Å². The Morgan fingerprint density at radius 1 is 0.412 bits per heavy atom. The van der Waals surface area contributed by atoms with Gasteiger partial charge < -0.3 is 0 Å². The van der Waals surface area contributed by atoms with Crippen molar-refractivity contribution in [1.29, 1.82) is 0 Å². The summed E-state index contributed by atoms with van der Waals surface area (Å²) < 4.78 is 0. The maximum absolute atomic E-state index is 2.40. The van der Waals surface area contributed by atoms with Gasteiger partial charge >= 0.3 is 0 Å². The van der Waals surface area contributed by atoms with Gasteiger partial charge in [-0.05, 0) is 74.7 Å². The third-order valence-electron chi connectivity index (χ3n) is 7.38. The lowest BCUT2D eigenvalue weighted by Crippen LogP contribution is -2.14. The summed E-state index contributed by atoms with van der Waals surface area (Å²) in [5, 5.41) is 0. The maximum atomic E-state index is 2.40. The molecular formula is C34H28. The summed E-state index contributed by atoms with van der Waals surface area (Å²) in [6.07, 6.45) is 0. The van der Waals surface area contributed by atoms with E-state index in [1.807, 2.05) is 0 Å². The Morgan fingerprint density at radius 2 is 0.912 bits per heavy atom. The number of hydrogen-bond donors (Lipinski definition) is 0. The number of aryl methyl sites for hydroxylation is 1. The van der Waals surface area contributed by atoms with Gasteiger partial charge in [0, 0.05) is 5.41 Å². The second-order valence-corrected chi connectivity index (χ2v) is 9.96. The Hall–Kier alpha value is -3.90. The van der Waals surface area contributed by atoms with Crippen molar-refractivity contribution < 1.29 is 0 Å². The van der Waals surface area contributed by atoms with Crippen LogP contribution in [-0.4, -0.2) is 0 Å². The normalized spacial score (nSPS) is 13.4. The molecule has 1 aliphatic carbocycles. The van der Waals surface area contributed by atoms with E-state index in [1.165, 1.54) is 61.2 Å². The zero-order chi connectivity index (χ0) is 23.3. The van der Waals surface area contributed by atoms with Crippen molar-refractivity contribution in [2.75, 3.05) is 0 Å². The minimum atomic E-state index is 0.0192. The van der Waals surface area contributed by atoms with Crippen LogP contribution < -0.4 is 0 Å². The van der Waals surface area contributed by atoms with Gasteiger partial charge in [-0.3, -0.25) is 0 Å². The van der Waals surface area contributed by atoms with Crippen molar-refractivity contribution in [1.82, 2.24) is 0 Å². The second-order valence-electron chi connectivity index (χ2n) is 9.96. The lowest BCUT2D eigenvalue weighted by atomic mass is 9.81. The van der Waals surface area contributed by atoms with Crippen LogP contribution in [-0.2, 0) is 5.41 Å². The molecule has 0 atom stereocenters. The fourth-order valence-electron chi connectivity index (χ4n) is 5.36. The number of rotatable bonds is 3. The van der Waals surface area contributed by atoms with Gasteiger partial charge in [0.25, 0.3) is 0 Å². The van der Waals surface area contributed by atoms with Gasteiger partial charge in [0.1, 0.15) is 0 Å². The first-order chi connectivity index (χ1) is 16.5. The van der Waals surface area contributed by atoms with E-state index in [0.717, 1.165) is 0 Å². The minimum Gasteiger partial charge on any atom is -0.0619 e. The molecule has 34 heavy (non-hydrogen) atoms. The van der Waals surface area contributed by atoms with Gasteiger partial charge in [0.05, 0.1) is 0 Å². The first-order valence-corrected chi connectivity index (χ1v) is 12.0. The lowest BCUT2D eigenvalue weighted by molar-refractivity contribution is 0.660. The molecule has 0 nitrogen and oxygen atoms in total. The molecule has 0 aromatic heterocycles. The average Bonchev–Trinajstić information content (AvgIpc) is 3.11. The summed E-state index contributed by atoms with van der Waals surface area (Å²) in [6.45, 7) is 6.81. The number of fused-ring (bicyclic) bond motifs is 3. The number of hydrogen-bond acceptors (Lipinski definition) is 0. The van der Waals surface area contributed by atoms with Gasteiger partial charge in [-0.25, -0.2) is 0 Å². The van der Waals surface area contributed by atoms with Gasteiger partial charge in [-0.15, -0.1) is 0 Å². The van der Waals surface area contributed by atoms with Crippen molar-refractivity contribution in [3.05, 3.63) is 132 Å². The van der Waals surface area contributed by atoms with Crippen LogP contribution >= 0.6 is 0 Å². The second kappa shape index (κ2) is 7.85. The van der Waals surface area contributed by atoms with Crippen LogP contribution in [0.3, 0.4) is 0 Å². The van der Waals surface area contributed by atoms with Crippen LogP contribution in [0.1, 0.15) is 30.5 Å². The molecule has 0 heteroatoms. The Morgan fingerprint density at radius 3 is 1.62 bits per heavy atom. The molecule has 6 rings (SSSR count). The van der Waals surface area contributed by atoms with Gasteiger partial charge in [-0.1, -0.05) is 123 Å². The molecule has 0 fully saturated rings. The molecule has 0 radical (unpaired) electrons. The summed E-state index contributed by atoms with van der Waals surface area (Å²) in [7, 11) is 0. The van der Waals surface area contributed by atoms with E-state index < -0.39 is 0 Å². The van der Waals surface area contributed by atoms with E-state index in [2.05, 4.69) is 136 Å². The third-order valence-corrected chi connectivity index (χ3v) is 7.38. The predicted octanol–water partition coefficient (Wildman–Crippen LogP) is 9.30. The van der Waals surface area contributed by atoms with Gasteiger partial charge in [0.15, 0.2) is 0 Å². The molecule has 0 spiro atoms. The quantitative estimate of drug-likeness (QED) is 0.264. The van der Waals surface area contributed by atoms with Crippen LogP contribution in [0.4, 0.5) is 0 Å². The highest BCUT2D eigenvalue weighted by Gasteiger charge is 2.35. The van der Waals surface area contributed by atoms with Crippen LogP contribution in [0.15, 0.2) is 115 Å².